The number of aliphatic carboxylic acids is 1. The predicted molar refractivity (Wildman–Crippen MR) is 154 cm³/mol. The molecule has 0 aromatic rings. The number of hydrogen-bond acceptors (Lipinski definition) is 20. The van der Waals surface area contributed by atoms with E-state index < -0.39 is 154 Å². The molecule has 13 N–H and O–H groups in total. The number of rotatable bonds is 11. The Labute approximate surface area is 284 Å². The van der Waals surface area contributed by atoms with E-state index in [9.17, 15) is 70.9 Å². The molecule has 20 atom stereocenters. The lowest BCUT2D eigenvalue weighted by atomic mass is 9.91. The molecule has 50 heavy (non-hydrogen) atoms. The monoisotopic (exact) mass is 733 g/mol. The van der Waals surface area contributed by atoms with Crippen molar-refractivity contribution in [3.05, 3.63) is 0 Å². The molecule has 4 aliphatic heterocycles. The van der Waals surface area contributed by atoms with Crippen molar-refractivity contribution >= 4 is 11.9 Å². The molecule has 22 heteroatoms. The number of carboxylic acid groups (broad SMARTS) is 1. The molecule has 4 rings (SSSR count). The highest BCUT2D eigenvalue weighted by atomic mass is 16.8. The molecule has 0 aromatic carbocycles. The molecule has 4 saturated heterocycles. The summed E-state index contributed by atoms with van der Waals surface area (Å²) in [5.41, 5.74) is 0. The summed E-state index contributed by atoms with van der Waals surface area (Å²) >= 11 is 0. The molecule has 4 heterocycles. The Balaban J connectivity index is 1.61. The van der Waals surface area contributed by atoms with Crippen molar-refractivity contribution in [2.75, 3.05) is 13.2 Å². The van der Waals surface area contributed by atoms with E-state index in [0.29, 0.717) is 0 Å². The van der Waals surface area contributed by atoms with Crippen LogP contribution in [0.25, 0.3) is 0 Å². The molecule has 1 amide bonds. The second-order valence-electron chi connectivity index (χ2n) is 12.8. The number of carboxylic acids is 1. The average molecular weight is 734 g/mol. The molecular weight excluding hydrogens is 686 g/mol. The fourth-order valence-corrected chi connectivity index (χ4v) is 6.24. The minimum atomic E-state index is -3.03. The largest absolute Gasteiger partial charge is 0.477 e. The summed E-state index contributed by atoms with van der Waals surface area (Å²) in [5, 5.41) is 127. The minimum absolute atomic E-state index is 0.751. The van der Waals surface area contributed by atoms with Gasteiger partial charge in [0.1, 0.15) is 79.3 Å². The second-order valence-corrected chi connectivity index (χ2v) is 12.8. The lowest BCUT2D eigenvalue weighted by Gasteiger charge is -2.50. The van der Waals surface area contributed by atoms with Crippen LogP contribution in [0, 0.1) is 0 Å². The summed E-state index contributed by atoms with van der Waals surface area (Å²) in [4.78, 5) is 24.2. The van der Waals surface area contributed by atoms with E-state index in [4.69, 9.17) is 33.2 Å². The van der Waals surface area contributed by atoms with Gasteiger partial charge in [-0.05, 0) is 13.8 Å². The Morgan fingerprint density at radius 1 is 0.780 bits per heavy atom. The van der Waals surface area contributed by atoms with Crippen LogP contribution >= 0.6 is 0 Å². The predicted octanol–water partition coefficient (Wildman–Crippen LogP) is -7.70. The molecule has 0 radical (unpaired) electrons. The van der Waals surface area contributed by atoms with E-state index >= 15 is 0 Å². The van der Waals surface area contributed by atoms with Crippen LogP contribution in [0.4, 0.5) is 0 Å². The quantitative estimate of drug-likeness (QED) is 0.0937. The van der Waals surface area contributed by atoms with Gasteiger partial charge in [-0.25, -0.2) is 4.79 Å². The maximum atomic E-state index is 12.3. The Morgan fingerprint density at radius 3 is 1.94 bits per heavy atom. The number of nitrogens with one attached hydrogen (secondary N) is 1. The van der Waals surface area contributed by atoms with E-state index in [0.717, 1.165) is 6.92 Å². The molecule has 22 nitrogen and oxygen atoms in total. The highest BCUT2D eigenvalue weighted by Gasteiger charge is 2.57. The smallest absolute Gasteiger partial charge is 0.364 e. The van der Waals surface area contributed by atoms with Gasteiger partial charge in [0.2, 0.25) is 5.91 Å². The van der Waals surface area contributed by atoms with Gasteiger partial charge in [-0.15, -0.1) is 0 Å². The van der Waals surface area contributed by atoms with Crippen molar-refractivity contribution in [1.82, 2.24) is 5.32 Å². The van der Waals surface area contributed by atoms with Gasteiger partial charge < -0.3 is 99.8 Å². The molecule has 290 valence electrons. The first kappa shape index (κ1) is 41.0. The third kappa shape index (κ3) is 8.38. The third-order valence-corrected chi connectivity index (χ3v) is 9.13. The second kappa shape index (κ2) is 16.5. The number of carbonyl (C=O) groups is 2. The normalized spacial score (nSPS) is 49.2. The van der Waals surface area contributed by atoms with Crippen molar-refractivity contribution in [2.24, 2.45) is 0 Å². The highest BCUT2D eigenvalue weighted by molar-refractivity contribution is 5.75. The van der Waals surface area contributed by atoms with E-state index in [-0.39, 0.29) is 0 Å². The van der Waals surface area contributed by atoms with Gasteiger partial charge in [-0.1, -0.05) is 0 Å². The van der Waals surface area contributed by atoms with Crippen LogP contribution in [0.3, 0.4) is 0 Å². The zero-order valence-electron chi connectivity index (χ0n) is 27.1. The van der Waals surface area contributed by atoms with Crippen LogP contribution in [0.2, 0.25) is 0 Å². The molecule has 0 unspecified atom stereocenters. The Kier molecular flexibility index (Phi) is 13.5. The Morgan fingerprint density at radius 2 is 1.36 bits per heavy atom. The molecule has 0 aliphatic carbocycles. The molecule has 0 saturated carbocycles. The maximum Gasteiger partial charge on any atom is 0.364 e. The van der Waals surface area contributed by atoms with Gasteiger partial charge in [-0.3, -0.25) is 4.79 Å². The standard InChI is InChI=1S/C28H47NO21/c1-7-14(34)18(38)19(39)25(45-7)49-23-17(37)12(6-31)47-26(20(23)40)48-22-13(29-9(3)32)24(44-8(2)15(22)35)46-11-4-28(43,27(41)42)50-21(16(11)36)10(33)5-30/h7-8,10-26,30-31,33-40,43H,4-6H2,1-3H3,(H,29,32)(H,41,42)/t7-,8+,10+,11+,12+,13+,14+,15+,16+,17+,18+,19-,20-,21+,22+,23-,24-,25-,26-,28+/m0/s1. The summed E-state index contributed by atoms with van der Waals surface area (Å²) in [5.74, 6) is -5.70. The summed E-state index contributed by atoms with van der Waals surface area (Å²) in [6, 6.07) is -1.57. The van der Waals surface area contributed by atoms with Crippen LogP contribution in [-0.4, -0.2) is 209 Å². The summed E-state index contributed by atoms with van der Waals surface area (Å²) < 4.78 is 39.1. The molecule has 4 aliphatic rings. The van der Waals surface area contributed by atoms with Crippen molar-refractivity contribution in [2.45, 2.75) is 149 Å². The third-order valence-electron chi connectivity index (χ3n) is 9.13. The maximum absolute atomic E-state index is 12.3. The van der Waals surface area contributed by atoms with Crippen LogP contribution in [0.5, 0.6) is 0 Å². The SMILES string of the molecule is CC(=O)N[C@H]1[C@H](O[C@@H]2C[C@](O)(C(=O)O)O[C@H]([C@H](O)CO)[C@@H]2O)O[C@H](C)[C@@H](O)[C@@H]1O[C@@H]1O[C@H](CO)[C@@H](O)[C@H](O[C@@H]2O[C@@H](C)[C@@H](O)[C@@H](O)[C@@H]2O)[C@@H]1O. The first-order chi connectivity index (χ1) is 23.3. The zero-order valence-corrected chi connectivity index (χ0v) is 27.1. The Hall–Kier alpha value is -1.78. The zero-order chi connectivity index (χ0) is 37.4. The van der Waals surface area contributed by atoms with E-state index in [1.807, 2.05) is 0 Å². The van der Waals surface area contributed by atoms with Crippen molar-refractivity contribution in [3.8, 4) is 0 Å². The summed E-state index contributed by atoms with van der Waals surface area (Å²) in [6.45, 7) is 1.88. The molecule has 4 fully saturated rings. The lowest BCUT2D eigenvalue weighted by molar-refractivity contribution is -0.376. The highest BCUT2D eigenvalue weighted by Crippen LogP contribution is 2.36. The number of hydrogen-bond donors (Lipinski definition) is 13. The average Bonchev–Trinajstić information content (AvgIpc) is 3.06. The van der Waals surface area contributed by atoms with Gasteiger partial charge in [-0.2, -0.15) is 0 Å². The molecule has 0 spiro atoms. The van der Waals surface area contributed by atoms with E-state index in [1.54, 1.807) is 0 Å². The van der Waals surface area contributed by atoms with Gasteiger partial charge in [0.05, 0.1) is 31.5 Å². The number of aliphatic hydroxyl groups is 11. The van der Waals surface area contributed by atoms with Crippen molar-refractivity contribution in [3.63, 3.8) is 0 Å². The van der Waals surface area contributed by atoms with Crippen molar-refractivity contribution < 1.29 is 104 Å². The fourth-order valence-electron chi connectivity index (χ4n) is 6.24. The van der Waals surface area contributed by atoms with Crippen LogP contribution in [-0.2, 0) is 42.7 Å². The van der Waals surface area contributed by atoms with Crippen molar-refractivity contribution in [1.29, 1.82) is 0 Å². The van der Waals surface area contributed by atoms with E-state index in [2.05, 4.69) is 5.32 Å². The lowest BCUT2D eigenvalue weighted by Crippen LogP contribution is -2.69. The van der Waals surface area contributed by atoms with Gasteiger partial charge in [0, 0.05) is 13.3 Å². The molecule has 0 bridgehead atoms. The Bertz CT molecular complexity index is 1150. The molecular formula is C28H47NO21. The number of carbonyl (C=O) groups excluding carboxylic acids is 1. The summed E-state index contributed by atoms with van der Waals surface area (Å²) in [6.07, 6.45) is -31.4. The van der Waals surface area contributed by atoms with Crippen LogP contribution in [0.1, 0.15) is 27.2 Å². The van der Waals surface area contributed by atoms with Gasteiger partial charge in [0.15, 0.2) is 18.9 Å². The minimum Gasteiger partial charge on any atom is -0.477 e. The number of aliphatic hydroxyl groups excluding tert-OH is 10. The number of amides is 1. The first-order valence-electron chi connectivity index (χ1n) is 15.8. The molecule has 0 aromatic heterocycles. The van der Waals surface area contributed by atoms with Crippen LogP contribution in [0.15, 0.2) is 0 Å². The summed E-state index contributed by atoms with van der Waals surface area (Å²) in [7, 11) is 0. The fraction of sp³-hybridized carbons (Fsp3) is 0.929. The van der Waals surface area contributed by atoms with Crippen LogP contribution < -0.4 is 5.32 Å². The van der Waals surface area contributed by atoms with Gasteiger partial charge in [0.25, 0.3) is 5.79 Å². The first-order valence-corrected chi connectivity index (χ1v) is 15.8. The van der Waals surface area contributed by atoms with E-state index in [1.165, 1.54) is 13.8 Å². The number of ether oxygens (including phenoxy) is 7. The van der Waals surface area contributed by atoms with Gasteiger partial charge >= 0.3 is 5.97 Å². The topological polar surface area (TPSA) is 354 Å².